The van der Waals surface area contributed by atoms with Crippen LogP contribution in [0.4, 0.5) is 0 Å². The van der Waals surface area contributed by atoms with Crippen molar-refractivity contribution in [2.75, 3.05) is 32.1 Å². The Morgan fingerprint density at radius 2 is 2.09 bits per heavy atom. The highest BCUT2D eigenvalue weighted by Gasteiger charge is 2.26. The highest BCUT2D eigenvalue weighted by molar-refractivity contribution is 7.91. The Bertz CT molecular complexity index is 586. The van der Waals surface area contributed by atoms with Crippen molar-refractivity contribution in [3.63, 3.8) is 0 Å². The zero-order chi connectivity index (χ0) is 16.2. The van der Waals surface area contributed by atoms with Crippen molar-refractivity contribution in [1.29, 1.82) is 0 Å². The minimum Gasteiger partial charge on any atom is -0.492 e. The number of ether oxygens (including phenoxy) is 1. The molecule has 22 heavy (non-hydrogen) atoms. The second-order valence-electron chi connectivity index (χ2n) is 5.89. The van der Waals surface area contributed by atoms with Gasteiger partial charge in [-0.05, 0) is 32.9 Å². The normalized spacial score (nSPS) is 19.5. The number of fused-ring (bicyclic) bond motifs is 1. The Labute approximate surface area is 132 Å². The lowest BCUT2D eigenvalue weighted by molar-refractivity contribution is 0.121. The summed E-state index contributed by atoms with van der Waals surface area (Å²) in [6.45, 7) is 5.28. The van der Waals surface area contributed by atoms with E-state index in [-0.39, 0.29) is 23.7 Å². The van der Waals surface area contributed by atoms with E-state index in [0.717, 1.165) is 11.3 Å². The maximum absolute atomic E-state index is 11.9. The highest BCUT2D eigenvalue weighted by Crippen LogP contribution is 2.31. The van der Waals surface area contributed by atoms with Crippen LogP contribution in [0.5, 0.6) is 5.75 Å². The predicted molar refractivity (Wildman–Crippen MR) is 86.9 cm³/mol. The van der Waals surface area contributed by atoms with E-state index in [0.29, 0.717) is 26.1 Å². The van der Waals surface area contributed by atoms with Crippen molar-refractivity contribution in [2.45, 2.75) is 31.6 Å². The number of rotatable bonds is 6. The van der Waals surface area contributed by atoms with Gasteiger partial charge in [0.05, 0.1) is 23.7 Å². The van der Waals surface area contributed by atoms with Crippen LogP contribution in [0.15, 0.2) is 24.3 Å². The van der Waals surface area contributed by atoms with Gasteiger partial charge < -0.3 is 9.84 Å². The van der Waals surface area contributed by atoms with E-state index in [2.05, 4.69) is 4.90 Å². The Balaban J connectivity index is 2.05. The number of sulfone groups is 1. The molecular formula is C16H25NO4S. The van der Waals surface area contributed by atoms with Crippen molar-refractivity contribution in [3.8, 4) is 5.75 Å². The molecule has 0 saturated carbocycles. The summed E-state index contributed by atoms with van der Waals surface area (Å²) in [5, 5.41) is 9.43. The van der Waals surface area contributed by atoms with E-state index in [1.165, 1.54) is 0 Å². The minimum absolute atomic E-state index is 0.00267. The number of hydrogen-bond acceptors (Lipinski definition) is 5. The third kappa shape index (κ3) is 4.00. The topological polar surface area (TPSA) is 66.8 Å². The molecule has 1 N–H and O–H groups in total. The third-order valence-electron chi connectivity index (χ3n) is 4.12. The van der Waals surface area contributed by atoms with Crippen LogP contribution in [0.1, 0.15) is 31.9 Å². The summed E-state index contributed by atoms with van der Waals surface area (Å²) in [7, 11) is -3.01. The first-order valence-corrected chi connectivity index (χ1v) is 9.45. The first-order valence-electron chi connectivity index (χ1n) is 7.74. The molecule has 2 rings (SSSR count). The number of para-hydroxylation sites is 1. The van der Waals surface area contributed by atoms with Crippen LogP contribution in [-0.2, 0) is 9.84 Å². The van der Waals surface area contributed by atoms with Gasteiger partial charge in [-0.3, -0.25) is 4.90 Å². The third-order valence-corrected chi connectivity index (χ3v) is 6.41. The smallest absolute Gasteiger partial charge is 0.152 e. The van der Waals surface area contributed by atoms with Gasteiger partial charge in [-0.15, -0.1) is 0 Å². The molecule has 1 unspecified atom stereocenters. The van der Waals surface area contributed by atoms with Gasteiger partial charge in [-0.2, -0.15) is 0 Å². The molecule has 0 radical (unpaired) electrons. The van der Waals surface area contributed by atoms with Crippen molar-refractivity contribution < 1.29 is 18.3 Å². The molecule has 1 aromatic carbocycles. The van der Waals surface area contributed by atoms with Crippen molar-refractivity contribution >= 4 is 9.84 Å². The second kappa shape index (κ2) is 7.44. The Morgan fingerprint density at radius 1 is 1.36 bits per heavy atom. The number of aliphatic hydroxyl groups is 1. The van der Waals surface area contributed by atoms with Gasteiger partial charge in [0, 0.05) is 12.1 Å². The molecule has 0 spiro atoms. The van der Waals surface area contributed by atoms with Gasteiger partial charge in [0.25, 0.3) is 0 Å². The molecule has 0 aromatic heterocycles. The zero-order valence-electron chi connectivity index (χ0n) is 13.2. The fourth-order valence-electron chi connectivity index (χ4n) is 2.70. The van der Waals surface area contributed by atoms with E-state index < -0.39 is 9.84 Å². The standard InChI is InChI=1S/C16H25NO4S/c1-13(2)22(19,20)11-5-8-17-9-10-21-16-7-4-3-6-14(16)15(17)12-18/h3-4,6-7,13,15,18H,5,8-12H2,1-2H3. The summed E-state index contributed by atoms with van der Waals surface area (Å²) >= 11 is 0. The van der Waals surface area contributed by atoms with Crippen LogP contribution < -0.4 is 4.74 Å². The Morgan fingerprint density at radius 3 is 2.77 bits per heavy atom. The maximum atomic E-state index is 11.9. The molecule has 0 saturated heterocycles. The fourth-order valence-corrected chi connectivity index (χ4v) is 3.70. The molecule has 0 bridgehead atoms. The predicted octanol–water partition coefficient (Wildman–Crippen LogP) is 1.63. The van der Waals surface area contributed by atoms with E-state index in [1.54, 1.807) is 13.8 Å². The lowest BCUT2D eigenvalue weighted by Gasteiger charge is -2.28. The monoisotopic (exact) mass is 327 g/mol. The Kier molecular flexibility index (Phi) is 5.83. The first kappa shape index (κ1) is 17.2. The molecule has 1 aliphatic rings. The van der Waals surface area contributed by atoms with Gasteiger partial charge >= 0.3 is 0 Å². The quantitative estimate of drug-likeness (QED) is 0.860. The van der Waals surface area contributed by atoms with Crippen LogP contribution >= 0.6 is 0 Å². The van der Waals surface area contributed by atoms with Gasteiger partial charge in [-0.1, -0.05) is 18.2 Å². The first-order chi connectivity index (χ1) is 10.5. The molecule has 5 nitrogen and oxygen atoms in total. The molecule has 1 aromatic rings. The molecule has 1 atom stereocenters. The minimum atomic E-state index is -3.01. The molecule has 0 amide bonds. The maximum Gasteiger partial charge on any atom is 0.152 e. The summed E-state index contributed by atoms with van der Waals surface area (Å²) in [4.78, 5) is 2.11. The average Bonchev–Trinajstić information content (AvgIpc) is 2.65. The number of benzene rings is 1. The van der Waals surface area contributed by atoms with Gasteiger partial charge in [-0.25, -0.2) is 8.42 Å². The van der Waals surface area contributed by atoms with Crippen LogP contribution in [0, 0.1) is 0 Å². The van der Waals surface area contributed by atoms with Crippen LogP contribution in [0.3, 0.4) is 0 Å². The molecule has 1 heterocycles. The summed E-state index contributed by atoms with van der Waals surface area (Å²) in [5.74, 6) is 0.987. The van der Waals surface area contributed by atoms with E-state index in [9.17, 15) is 13.5 Å². The lowest BCUT2D eigenvalue weighted by Crippen LogP contribution is -2.34. The second-order valence-corrected chi connectivity index (χ2v) is 8.57. The van der Waals surface area contributed by atoms with Gasteiger partial charge in [0.2, 0.25) is 0 Å². The molecule has 6 heteroatoms. The summed E-state index contributed by atoms with van der Waals surface area (Å²) in [6, 6.07) is 7.57. The fraction of sp³-hybridized carbons (Fsp3) is 0.625. The van der Waals surface area contributed by atoms with Crippen molar-refractivity contribution in [2.24, 2.45) is 0 Å². The largest absolute Gasteiger partial charge is 0.492 e. The number of hydrogen-bond donors (Lipinski definition) is 1. The van der Waals surface area contributed by atoms with E-state index in [4.69, 9.17) is 4.74 Å². The summed E-state index contributed by atoms with van der Waals surface area (Å²) in [6.07, 6.45) is 0.569. The van der Waals surface area contributed by atoms with Crippen LogP contribution in [0.25, 0.3) is 0 Å². The summed E-state index contributed by atoms with van der Waals surface area (Å²) in [5.41, 5.74) is 0.967. The average molecular weight is 327 g/mol. The van der Waals surface area contributed by atoms with E-state index >= 15 is 0 Å². The van der Waals surface area contributed by atoms with E-state index in [1.807, 2.05) is 24.3 Å². The number of nitrogens with zero attached hydrogens (tertiary/aromatic N) is 1. The van der Waals surface area contributed by atoms with Gasteiger partial charge in [0.15, 0.2) is 9.84 Å². The molecule has 124 valence electrons. The zero-order valence-corrected chi connectivity index (χ0v) is 14.1. The molecular weight excluding hydrogens is 302 g/mol. The molecule has 0 fully saturated rings. The van der Waals surface area contributed by atoms with Crippen LogP contribution in [-0.4, -0.2) is 55.7 Å². The van der Waals surface area contributed by atoms with Crippen molar-refractivity contribution in [1.82, 2.24) is 4.90 Å². The summed E-state index contributed by atoms with van der Waals surface area (Å²) < 4.78 is 29.5. The lowest BCUT2D eigenvalue weighted by atomic mass is 10.1. The SMILES string of the molecule is CC(C)S(=O)(=O)CCCN1CCOc2ccccc2C1CO. The van der Waals surface area contributed by atoms with Crippen molar-refractivity contribution in [3.05, 3.63) is 29.8 Å². The van der Waals surface area contributed by atoms with Gasteiger partial charge in [0.1, 0.15) is 12.4 Å². The molecule has 0 aliphatic carbocycles. The number of aliphatic hydroxyl groups excluding tert-OH is 1. The van der Waals surface area contributed by atoms with Crippen LogP contribution in [0.2, 0.25) is 0 Å². The highest BCUT2D eigenvalue weighted by atomic mass is 32.2. The Hall–Kier alpha value is -1.11. The molecule has 1 aliphatic heterocycles.